The fraction of sp³-hybridized carbons (Fsp3) is 0.438. The van der Waals surface area contributed by atoms with E-state index in [1.807, 2.05) is 19.1 Å². The molecule has 22 heavy (non-hydrogen) atoms. The third kappa shape index (κ3) is 6.39. The molecule has 6 heteroatoms. The second-order valence-electron chi connectivity index (χ2n) is 4.91. The number of hydrogen-bond acceptors (Lipinski definition) is 4. The molecule has 0 aliphatic rings. The molecule has 0 aliphatic carbocycles. The van der Waals surface area contributed by atoms with Crippen LogP contribution in [-0.4, -0.2) is 24.6 Å². The topological polar surface area (TPSA) is 79.8 Å². The van der Waals surface area contributed by atoms with Crippen molar-refractivity contribution in [2.75, 3.05) is 12.4 Å². The number of carbonyl (C=O) groups excluding carboxylic acids is 2. The SMILES string of the molecule is CCCCC(=O)NN=C(C)CC(=O)Nc1ccccc1OC. The highest BCUT2D eigenvalue weighted by atomic mass is 16.5. The van der Waals surface area contributed by atoms with Gasteiger partial charge in [0.15, 0.2) is 0 Å². The molecule has 2 N–H and O–H groups in total. The van der Waals surface area contributed by atoms with Crippen LogP contribution in [0.25, 0.3) is 0 Å². The Morgan fingerprint density at radius 2 is 1.95 bits per heavy atom. The van der Waals surface area contributed by atoms with Crippen LogP contribution >= 0.6 is 0 Å². The molecular weight excluding hydrogens is 282 g/mol. The largest absolute Gasteiger partial charge is 0.495 e. The summed E-state index contributed by atoms with van der Waals surface area (Å²) in [7, 11) is 1.55. The number of amides is 2. The average molecular weight is 305 g/mol. The Morgan fingerprint density at radius 1 is 1.23 bits per heavy atom. The van der Waals surface area contributed by atoms with E-state index in [0.29, 0.717) is 23.6 Å². The molecule has 6 nitrogen and oxygen atoms in total. The first-order chi connectivity index (χ1) is 10.6. The van der Waals surface area contributed by atoms with Crippen LogP contribution in [0.2, 0.25) is 0 Å². The Balaban J connectivity index is 2.48. The Labute approximate surface area is 130 Å². The fourth-order valence-corrected chi connectivity index (χ4v) is 1.77. The lowest BCUT2D eigenvalue weighted by molar-refractivity contribution is -0.121. The number of nitrogens with one attached hydrogen (secondary N) is 2. The molecule has 2 amide bonds. The summed E-state index contributed by atoms with van der Waals surface area (Å²) in [5.74, 6) is 0.248. The van der Waals surface area contributed by atoms with Crippen LogP contribution in [-0.2, 0) is 9.59 Å². The van der Waals surface area contributed by atoms with E-state index in [1.165, 1.54) is 0 Å². The number of unbranched alkanes of at least 4 members (excludes halogenated alkanes) is 1. The van der Waals surface area contributed by atoms with E-state index in [9.17, 15) is 9.59 Å². The molecule has 0 atom stereocenters. The number of methoxy groups -OCH3 is 1. The number of anilines is 1. The zero-order valence-corrected chi connectivity index (χ0v) is 13.3. The predicted octanol–water partition coefficient (Wildman–Crippen LogP) is 2.71. The summed E-state index contributed by atoms with van der Waals surface area (Å²) in [6.45, 7) is 3.71. The van der Waals surface area contributed by atoms with Crippen molar-refractivity contribution in [1.82, 2.24) is 5.43 Å². The second kappa shape index (κ2) is 9.55. The third-order valence-electron chi connectivity index (χ3n) is 2.93. The maximum atomic E-state index is 11.9. The number of carbonyl (C=O) groups is 2. The monoisotopic (exact) mass is 305 g/mol. The molecular formula is C16H23N3O3. The average Bonchev–Trinajstić information content (AvgIpc) is 2.51. The molecule has 0 heterocycles. The van der Waals surface area contributed by atoms with Crippen molar-refractivity contribution in [3.05, 3.63) is 24.3 Å². The Hall–Kier alpha value is -2.37. The van der Waals surface area contributed by atoms with Gasteiger partial charge in [0.05, 0.1) is 19.2 Å². The van der Waals surface area contributed by atoms with E-state index in [-0.39, 0.29) is 18.2 Å². The van der Waals surface area contributed by atoms with E-state index in [4.69, 9.17) is 4.74 Å². The quantitative estimate of drug-likeness (QED) is 0.572. The lowest BCUT2D eigenvalue weighted by Gasteiger charge is -2.09. The summed E-state index contributed by atoms with van der Waals surface area (Å²) in [5, 5.41) is 6.68. The van der Waals surface area contributed by atoms with Gasteiger partial charge in [-0.1, -0.05) is 25.5 Å². The molecule has 0 saturated carbocycles. The summed E-state index contributed by atoms with van der Waals surface area (Å²) >= 11 is 0. The summed E-state index contributed by atoms with van der Waals surface area (Å²) in [6.07, 6.45) is 2.33. The van der Waals surface area contributed by atoms with Crippen LogP contribution in [0, 0.1) is 0 Å². The lowest BCUT2D eigenvalue weighted by atomic mass is 10.2. The van der Waals surface area contributed by atoms with Gasteiger partial charge in [-0.05, 0) is 25.5 Å². The number of hydrazone groups is 1. The zero-order chi connectivity index (χ0) is 16.4. The van der Waals surface area contributed by atoms with Crippen molar-refractivity contribution >= 4 is 23.2 Å². The van der Waals surface area contributed by atoms with E-state index in [0.717, 1.165) is 12.8 Å². The maximum absolute atomic E-state index is 11.9. The van der Waals surface area contributed by atoms with Gasteiger partial charge >= 0.3 is 0 Å². The predicted molar refractivity (Wildman–Crippen MR) is 87.0 cm³/mol. The number of para-hydroxylation sites is 2. The molecule has 0 aliphatic heterocycles. The van der Waals surface area contributed by atoms with Crippen LogP contribution in [0.5, 0.6) is 5.75 Å². The van der Waals surface area contributed by atoms with Gasteiger partial charge in [0.2, 0.25) is 11.8 Å². The molecule has 0 spiro atoms. The normalized spacial score (nSPS) is 11.0. The van der Waals surface area contributed by atoms with Crippen molar-refractivity contribution in [3.63, 3.8) is 0 Å². The summed E-state index contributed by atoms with van der Waals surface area (Å²) in [6, 6.07) is 7.17. The molecule has 0 bridgehead atoms. The minimum Gasteiger partial charge on any atom is -0.495 e. The molecule has 1 rings (SSSR count). The van der Waals surface area contributed by atoms with Gasteiger partial charge in [0, 0.05) is 12.1 Å². The summed E-state index contributed by atoms with van der Waals surface area (Å²) in [5.41, 5.74) is 3.60. The molecule has 1 aromatic rings. The number of ether oxygens (including phenoxy) is 1. The van der Waals surface area contributed by atoms with E-state index in [1.54, 1.807) is 26.2 Å². The minimum absolute atomic E-state index is 0.103. The van der Waals surface area contributed by atoms with Crippen LogP contribution in [0.1, 0.15) is 39.5 Å². The Kier molecular flexibility index (Phi) is 7.67. The first-order valence-corrected chi connectivity index (χ1v) is 7.31. The highest BCUT2D eigenvalue weighted by molar-refractivity contribution is 6.06. The molecule has 0 saturated heterocycles. The Bertz CT molecular complexity index is 541. The van der Waals surface area contributed by atoms with Crippen molar-refractivity contribution in [2.45, 2.75) is 39.5 Å². The van der Waals surface area contributed by atoms with Crippen molar-refractivity contribution < 1.29 is 14.3 Å². The van der Waals surface area contributed by atoms with E-state index < -0.39 is 0 Å². The van der Waals surface area contributed by atoms with Crippen LogP contribution in [0.15, 0.2) is 29.4 Å². The summed E-state index contributed by atoms with van der Waals surface area (Å²) < 4.78 is 5.17. The first-order valence-electron chi connectivity index (χ1n) is 7.31. The first kappa shape index (κ1) is 17.7. The third-order valence-corrected chi connectivity index (χ3v) is 2.93. The molecule has 0 fully saturated rings. The number of hydrogen-bond donors (Lipinski definition) is 2. The van der Waals surface area contributed by atoms with E-state index >= 15 is 0 Å². The Morgan fingerprint density at radius 3 is 2.64 bits per heavy atom. The fourth-order valence-electron chi connectivity index (χ4n) is 1.77. The maximum Gasteiger partial charge on any atom is 0.240 e. The highest BCUT2D eigenvalue weighted by Gasteiger charge is 2.08. The highest BCUT2D eigenvalue weighted by Crippen LogP contribution is 2.22. The molecule has 0 radical (unpaired) electrons. The zero-order valence-electron chi connectivity index (χ0n) is 13.3. The smallest absolute Gasteiger partial charge is 0.240 e. The van der Waals surface area contributed by atoms with Crippen molar-refractivity contribution in [1.29, 1.82) is 0 Å². The van der Waals surface area contributed by atoms with Gasteiger partial charge in [-0.3, -0.25) is 9.59 Å². The van der Waals surface area contributed by atoms with Crippen molar-refractivity contribution in [3.8, 4) is 5.75 Å². The summed E-state index contributed by atoms with van der Waals surface area (Å²) in [4.78, 5) is 23.4. The molecule has 1 aromatic carbocycles. The van der Waals surface area contributed by atoms with Crippen molar-refractivity contribution in [2.24, 2.45) is 5.10 Å². The van der Waals surface area contributed by atoms with Gasteiger partial charge in [0.25, 0.3) is 0 Å². The van der Waals surface area contributed by atoms with Gasteiger partial charge in [0.1, 0.15) is 5.75 Å². The van der Waals surface area contributed by atoms with Crippen LogP contribution < -0.4 is 15.5 Å². The number of rotatable bonds is 8. The lowest BCUT2D eigenvalue weighted by Crippen LogP contribution is -2.21. The molecule has 0 unspecified atom stereocenters. The number of benzene rings is 1. The van der Waals surface area contributed by atoms with Gasteiger partial charge < -0.3 is 10.1 Å². The second-order valence-corrected chi connectivity index (χ2v) is 4.91. The van der Waals surface area contributed by atoms with Gasteiger partial charge in [-0.2, -0.15) is 5.10 Å². The van der Waals surface area contributed by atoms with Crippen LogP contribution in [0.3, 0.4) is 0 Å². The molecule has 0 aromatic heterocycles. The molecule has 120 valence electrons. The van der Waals surface area contributed by atoms with Gasteiger partial charge in [-0.15, -0.1) is 0 Å². The number of nitrogens with zero attached hydrogens (tertiary/aromatic N) is 1. The van der Waals surface area contributed by atoms with Gasteiger partial charge in [-0.25, -0.2) is 5.43 Å². The minimum atomic E-state index is -0.214. The standard InChI is InChI=1S/C16H23N3O3/c1-4-5-10-15(20)19-18-12(2)11-16(21)17-13-8-6-7-9-14(13)22-3/h6-9H,4-5,10-11H2,1-3H3,(H,17,21)(H,19,20). The van der Waals surface area contributed by atoms with Crippen LogP contribution in [0.4, 0.5) is 5.69 Å². The van der Waals surface area contributed by atoms with E-state index in [2.05, 4.69) is 15.8 Å².